The van der Waals surface area contributed by atoms with Crippen molar-refractivity contribution in [3.63, 3.8) is 0 Å². The predicted molar refractivity (Wildman–Crippen MR) is 108 cm³/mol. The summed E-state index contributed by atoms with van der Waals surface area (Å²) in [5.74, 6) is 0.191. The van der Waals surface area contributed by atoms with E-state index < -0.39 is 11.8 Å². The minimum absolute atomic E-state index is 0.435. The minimum Gasteiger partial charge on any atom is -0.497 e. The van der Waals surface area contributed by atoms with Crippen LogP contribution in [0.4, 0.5) is 5.69 Å². The molecule has 7 nitrogen and oxygen atoms in total. The van der Waals surface area contributed by atoms with Gasteiger partial charge in [0.2, 0.25) is 0 Å². The van der Waals surface area contributed by atoms with Crippen molar-refractivity contribution in [2.45, 2.75) is 44.6 Å². The van der Waals surface area contributed by atoms with E-state index in [1.165, 1.54) is 32.8 Å². The first-order chi connectivity index (χ1) is 13.6. The minimum atomic E-state index is -0.688. The number of nitrogens with zero attached hydrogens (tertiary/aromatic N) is 1. The Balaban J connectivity index is 1.43. The molecule has 3 rings (SSSR count). The van der Waals surface area contributed by atoms with Crippen LogP contribution in [-0.4, -0.2) is 56.6 Å². The molecule has 1 saturated carbocycles. The van der Waals surface area contributed by atoms with Crippen LogP contribution in [-0.2, 0) is 9.59 Å². The van der Waals surface area contributed by atoms with Crippen LogP contribution in [0.2, 0.25) is 0 Å². The Morgan fingerprint density at radius 3 is 2.39 bits per heavy atom. The molecule has 0 bridgehead atoms. The topological polar surface area (TPSA) is 79.9 Å². The molecule has 1 heterocycles. The molecule has 1 saturated heterocycles. The summed E-state index contributed by atoms with van der Waals surface area (Å²) < 4.78 is 10.4. The Hall–Kier alpha value is -2.28. The summed E-state index contributed by atoms with van der Waals surface area (Å²) in [6.45, 7) is 2.74. The van der Waals surface area contributed by atoms with Gasteiger partial charge in [0.1, 0.15) is 11.5 Å². The van der Waals surface area contributed by atoms with Crippen molar-refractivity contribution in [1.82, 2.24) is 10.2 Å². The summed E-state index contributed by atoms with van der Waals surface area (Å²) in [5, 5.41) is 5.39. The molecule has 2 aliphatic rings. The van der Waals surface area contributed by atoms with Crippen LogP contribution in [0.15, 0.2) is 18.2 Å². The predicted octanol–water partition coefficient (Wildman–Crippen LogP) is 2.41. The second kappa shape index (κ2) is 9.78. The molecule has 1 aliphatic carbocycles. The van der Waals surface area contributed by atoms with E-state index >= 15 is 0 Å². The molecular formula is C21H31N3O4. The number of benzene rings is 1. The van der Waals surface area contributed by atoms with Gasteiger partial charge in [-0.05, 0) is 56.8 Å². The Bertz CT molecular complexity index is 680. The summed E-state index contributed by atoms with van der Waals surface area (Å²) in [5.41, 5.74) is 0.438. The lowest BCUT2D eigenvalue weighted by Gasteiger charge is -2.36. The van der Waals surface area contributed by atoms with Gasteiger partial charge in [0.25, 0.3) is 0 Å². The van der Waals surface area contributed by atoms with Gasteiger partial charge in [-0.15, -0.1) is 0 Å². The van der Waals surface area contributed by atoms with E-state index in [0.717, 1.165) is 32.0 Å². The quantitative estimate of drug-likeness (QED) is 0.731. The monoisotopic (exact) mass is 389 g/mol. The molecule has 0 spiro atoms. The normalized spacial score (nSPS) is 18.6. The highest BCUT2D eigenvalue weighted by Gasteiger charge is 2.27. The van der Waals surface area contributed by atoms with Crippen LogP contribution >= 0.6 is 0 Å². The zero-order chi connectivity index (χ0) is 19.9. The SMILES string of the molecule is COc1ccc(NC(=O)C(=O)NCC2CCN(C3CCCC3)CC2)c(OC)c1. The number of carbonyl (C=O) groups excluding carboxylic acids is 2. The van der Waals surface area contributed by atoms with Crippen LogP contribution in [0, 0.1) is 5.92 Å². The fourth-order valence-corrected chi connectivity index (χ4v) is 4.19. The first-order valence-corrected chi connectivity index (χ1v) is 10.2. The number of carbonyl (C=O) groups is 2. The van der Waals surface area contributed by atoms with Crippen molar-refractivity contribution in [1.29, 1.82) is 0 Å². The maximum atomic E-state index is 12.2. The lowest BCUT2D eigenvalue weighted by atomic mass is 9.95. The van der Waals surface area contributed by atoms with Crippen LogP contribution < -0.4 is 20.1 Å². The van der Waals surface area contributed by atoms with Gasteiger partial charge < -0.3 is 25.0 Å². The number of hydrogen-bond acceptors (Lipinski definition) is 5. The van der Waals surface area contributed by atoms with Crippen LogP contribution in [0.3, 0.4) is 0 Å². The van der Waals surface area contributed by atoms with Crippen molar-refractivity contribution in [3.05, 3.63) is 18.2 Å². The Morgan fingerprint density at radius 2 is 1.75 bits per heavy atom. The third-order valence-electron chi connectivity index (χ3n) is 5.90. The van der Waals surface area contributed by atoms with Crippen LogP contribution in [0.5, 0.6) is 11.5 Å². The third kappa shape index (κ3) is 5.16. The third-order valence-corrected chi connectivity index (χ3v) is 5.90. The Morgan fingerprint density at radius 1 is 1.04 bits per heavy atom. The zero-order valence-electron chi connectivity index (χ0n) is 16.8. The van der Waals surface area contributed by atoms with Crippen molar-refractivity contribution in [3.8, 4) is 11.5 Å². The number of amides is 2. The first-order valence-electron chi connectivity index (χ1n) is 10.2. The van der Waals surface area contributed by atoms with Crippen LogP contribution in [0.25, 0.3) is 0 Å². The van der Waals surface area contributed by atoms with E-state index in [4.69, 9.17) is 9.47 Å². The summed E-state index contributed by atoms with van der Waals surface area (Å²) in [4.78, 5) is 27.0. The second-order valence-corrected chi connectivity index (χ2v) is 7.65. The average molecular weight is 389 g/mol. The standard InChI is InChI=1S/C21H31N3O4/c1-27-17-7-8-18(19(13-17)28-2)23-21(26)20(25)22-14-15-9-11-24(12-10-15)16-5-3-4-6-16/h7-8,13,15-16H,3-6,9-12,14H2,1-2H3,(H,22,25)(H,23,26). The number of methoxy groups -OCH3 is 2. The number of hydrogen-bond donors (Lipinski definition) is 2. The number of nitrogens with one attached hydrogen (secondary N) is 2. The molecule has 2 amide bonds. The summed E-state index contributed by atoms with van der Waals surface area (Å²) in [6, 6.07) is 5.78. The van der Waals surface area contributed by atoms with Gasteiger partial charge in [0.05, 0.1) is 19.9 Å². The van der Waals surface area contributed by atoms with Gasteiger partial charge in [-0.1, -0.05) is 12.8 Å². The fourth-order valence-electron chi connectivity index (χ4n) is 4.19. The van der Waals surface area contributed by atoms with E-state index in [0.29, 0.717) is 29.6 Å². The molecule has 2 fully saturated rings. The summed E-state index contributed by atoms with van der Waals surface area (Å²) in [7, 11) is 3.06. The van der Waals surface area contributed by atoms with E-state index in [-0.39, 0.29) is 0 Å². The molecule has 0 atom stereocenters. The molecule has 1 aromatic carbocycles. The Kier molecular flexibility index (Phi) is 7.14. The van der Waals surface area contributed by atoms with Crippen molar-refractivity contribution in [2.24, 2.45) is 5.92 Å². The maximum Gasteiger partial charge on any atom is 0.313 e. The molecule has 154 valence electrons. The molecule has 0 unspecified atom stereocenters. The van der Waals surface area contributed by atoms with Crippen molar-refractivity contribution in [2.75, 3.05) is 39.2 Å². The maximum absolute atomic E-state index is 12.2. The first kappa shape index (κ1) is 20.5. The zero-order valence-corrected chi connectivity index (χ0v) is 16.8. The molecular weight excluding hydrogens is 358 g/mol. The number of anilines is 1. The van der Waals surface area contributed by atoms with Gasteiger partial charge >= 0.3 is 11.8 Å². The van der Waals surface area contributed by atoms with Crippen molar-refractivity contribution >= 4 is 17.5 Å². The average Bonchev–Trinajstić information content (AvgIpc) is 3.27. The molecule has 1 aliphatic heterocycles. The summed E-state index contributed by atoms with van der Waals surface area (Å²) in [6.07, 6.45) is 7.52. The highest BCUT2D eigenvalue weighted by Crippen LogP contribution is 2.29. The second-order valence-electron chi connectivity index (χ2n) is 7.65. The number of piperidine rings is 1. The highest BCUT2D eigenvalue weighted by atomic mass is 16.5. The molecule has 7 heteroatoms. The van der Waals surface area contributed by atoms with Gasteiger partial charge in [-0.2, -0.15) is 0 Å². The highest BCUT2D eigenvalue weighted by molar-refractivity contribution is 6.39. The fraction of sp³-hybridized carbons (Fsp3) is 0.619. The lowest BCUT2D eigenvalue weighted by Crippen LogP contribution is -2.44. The smallest absolute Gasteiger partial charge is 0.313 e. The lowest BCUT2D eigenvalue weighted by molar-refractivity contribution is -0.136. The molecule has 2 N–H and O–H groups in total. The van der Waals surface area contributed by atoms with Gasteiger partial charge in [0, 0.05) is 18.7 Å². The molecule has 0 radical (unpaired) electrons. The van der Waals surface area contributed by atoms with E-state index in [2.05, 4.69) is 15.5 Å². The number of likely N-dealkylation sites (tertiary alicyclic amines) is 1. The number of ether oxygens (including phenoxy) is 2. The molecule has 1 aromatic rings. The van der Waals surface area contributed by atoms with Gasteiger partial charge in [-0.3, -0.25) is 9.59 Å². The largest absolute Gasteiger partial charge is 0.497 e. The van der Waals surface area contributed by atoms with Crippen molar-refractivity contribution < 1.29 is 19.1 Å². The van der Waals surface area contributed by atoms with Gasteiger partial charge in [-0.25, -0.2) is 0 Å². The van der Waals surface area contributed by atoms with Crippen LogP contribution in [0.1, 0.15) is 38.5 Å². The molecule has 28 heavy (non-hydrogen) atoms. The van der Waals surface area contributed by atoms with Gasteiger partial charge in [0.15, 0.2) is 0 Å². The van der Waals surface area contributed by atoms with E-state index in [9.17, 15) is 9.59 Å². The Labute approximate surface area is 166 Å². The van der Waals surface area contributed by atoms with E-state index in [1.807, 2.05) is 0 Å². The van der Waals surface area contributed by atoms with E-state index in [1.54, 1.807) is 25.3 Å². The summed E-state index contributed by atoms with van der Waals surface area (Å²) >= 11 is 0. The number of rotatable bonds is 6. The molecule has 0 aromatic heterocycles.